The minimum Gasteiger partial charge on any atom is -0.478 e. The van der Waals surface area contributed by atoms with E-state index in [1.807, 2.05) is 106 Å². The lowest BCUT2D eigenvalue weighted by molar-refractivity contribution is -0.141. The first-order chi connectivity index (χ1) is 47.9. The van der Waals surface area contributed by atoms with Crippen LogP contribution in [0.15, 0.2) is 120 Å². The maximum absolute atomic E-state index is 12.8. The number of thioether (sulfide) groups is 2. The predicted octanol–water partition coefficient (Wildman–Crippen LogP) is 9.02. The monoisotopic (exact) mass is 1490 g/mol. The summed E-state index contributed by atoms with van der Waals surface area (Å²) in [6.45, 7) is 34.1. The predicted molar refractivity (Wildman–Crippen MR) is 412 cm³/mol. The zero-order valence-electron chi connectivity index (χ0n) is 61.7. The third kappa shape index (κ3) is 31.4. The van der Waals surface area contributed by atoms with Crippen molar-refractivity contribution in [3.8, 4) is 36.2 Å². The molecule has 2 aromatic carbocycles. The summed E-state index contributed by atoms with van der Waals surface area (Å²) >= 11 is 7.95. The second-order valence-corrected chi connectivity index (χ2v) is 34.1. The number of terminal acetylenes is 2. The molecule has 8 rings (SSSR count). The summed E-state index contributed by atoms with van der Waals surface area (Å²) in [4.78, 5) is 52.6. The number of ether oxygens (including phenoxy) is 2. The van der Waals surface area contributed by atoms with Crippen molar-refractivity contribution in [2.24, 2.45) is 21.8 Å². The molecule has 0 aliphatic heterocycles. The Balaban J connectivity index is 0.000000428. The van der Waals surface area contributed by atoms with Crippen LogP contribution in [0.3, 0.4) is 0 Å². The van der Waals surface area contributed by atoms with E-state index < -0.39 is 48.6 Å². The van der Waals surface area contributed by atoms with Gasteiger partial charge in [0.2, 0.25) is 10.9 Å². The lowest BCUT2D eigenvalue weighted by Crippen LogP contribution is -2.51. The number of carbonyl (C=O) groups excluding carboxylic acids is 3. The van der Waals surface area contributed by atoms with Gasteiger partial charge >= 0.3 is 13.0 Å². The number of nitrogens with zero attached hydrogens (tertiary/aromatic N) is 8. The van der Waals surface area contributed by atoms with Crippen molar-refractivity contribution in [3.05, 3.63) is 137 Å². The van der Waals surface area contributed by atoms with Gasteiger partial charge in [0.25, 0.3) is 20.7 Å². The maximum atomic E-state index is 12.8. The van der Waals surface area contributed by atoms with E-state index in [9.17, 15) is 19.2 Å². The van der Waals surface area contributed by atoms with Crippen LogP contribution in [0.1, 0.15) is 128 Å². The molecule has 0 saturated heterocycles. The molecular formula is C68H94B3ClN14O14S2Si. The molecule has 12 N–H and O–H groups in total. The van der Waals surface area contributed by atoms with Gasteiger partial charge in [-0.25, -0.2) is 4.79 Å². The largest absolute Gasteiger partial charge is 0.478 e. The Hall–Kier alpha value is -8.80. The summed E-state index contributed by atoms with van der Waals surface area (Å²) in [5.74, 6) is 4.92. The number of carbonyl (C=O) groups is 4. The average Bonchev–Trinajstić information content (AvgIpc) is 1.67. The number of hydrogen-bond acceptors (Lipinski definition) is 28. The third-order valence-electron chi connectivity index (χ3n) is 13.7. The van der Waals surface area contributed by atoms with Crippen molar-refractivity contribution in [2.75, 3.05) is 12.5 Å². The number of carboxylic acids is 1. The van der Waals surface area contributed by atoms with E-state index in [1.165, 1.54) is 51.6 Å². The van der Waals surface area contributed by atoms with E-state index in [1.54, 1.807) is 83.5 Å². The standard InChI is InChI=1S/C21H21N3O3S.C15H13NO3S.C10H18BN2O2Si.2C6H10N2O.C5H12BClN2O2.C5H10BN2O2/c1-6-14-10-15-11-16(9-13(2)18(15)22-12-14)27-20(28-5)19(25)23-21(3,4)17-7-8-26-24-17;1-4-10-6-11-7-12(19-15(20-3)14(17)18)5-9(2)13(11)16-8-10;1-10(2,13-11-7-14)8-6-9(15-12-8)16(3,4)5;2*1-6(2,7)5-3-4-9-8-5;1-5(2,4(7)8-11)9-6(3)10;1-5(2,3-7-10)8-6-4-9/h1,7-12,20H,2-5H3,(H,23,25);1,5-8,15H,2-3H3,(H,17,18);6-7,13H,1-5H3;2*3-4H,7H2,1-2H3;9-11H,1-3H3;3-4,8,10H,1-2H3/b;;;;;8-4-;7-3+. The molecule has 28 nitrogen and oxygen atoms in total. The van der Waals surface area contributed by atoms with E-state index in [-0.39, 0.29) is 27.7 Å². The summed E-state index contributed by atoms with van der Waals surface area (Å²) in [6.07, 6.45) is 24.8. The molecule has 8 aromatic rings. The molecule has 103 heavy (non-hydrogen) atoms. The van der Waals surface area contributed by atoms with E-state index in [2.05, 4.69) is 102 Å². The molecule has 0 spiro atoms. The molecule has 2 atom stereocenters. The average molecular weight is 1490 g/mol. The highest BCUT2D eigenvalue weighted by molar-refractivity contribution is 8.00. The SMILES string of the molecule is C#Cc1cnc2c(C)cc(OC(SC)C(=O)NC(C)(C)c3ccon3)cc2c1.C#Cc1cnc2c(C)cc(OC(SC)C(=O)O)cc2c1.CB(O)NC(C)(C)/C(Cl)=N/O.CC(C)(/C=N/O)N[B]C=O.CC(C)(N)c1ccon1.CC(C)(N)c1ccon1.CC(C)(N[B]C=O)c1cc([Si](C)(C)C)on1. The van der Waals surface area contributed by atoms with Gasteiger partial charge < -0.3 is 90.2 Å². The molecule has 6 aromatic heterocycles. The molecule has 0 fully saturated rings. The Morgan fingerprint density at radius 1 is 0.689 bits per heavy atom. The van der Waals surface area contributed by atoms with Gasteiger partial charge in [-0.3, -0.25) is 14.8 Å². The van der Waals surface area contributed by atoms with Crippen LogP contribution in [-0.2, 0) is 41.3 Å². The highest BCUT2D eigenvalue weighted by Crippen LogP contribution is 2.29. The number of carboxylic acid groups (broad SMARTS) is 1. The smallest absolute Gasteiger partial charge is 0.374 e. The summed E-state index contributed by atoms with van der Waals surface area (Å²) in [6, 6.07) is 18.2. The summed E-state index contributed by atoms with van der Waals surface area (Å²) in [5, 5.41) is 69.4. The number of fused-ring (bicyclic) bond motifs is 2. The van der Waals surface area contributed by atoms with Crippen molar-refractivity contribution >= 4 is 128 Å². The first kappa shape index (κ1) is 90.3. The lowest BCUT2D eigenvalue weighted by atomic mass is 9.84. The second kappa shape index (κ2) is 41.5. The van der Waals surface area contributed by atoms with Gasteiger partial charge in [0.05, 0.1) is 51.8 Å². The quantitative estimate of drug-likeness (QED) is 0.00512. The molecule has 1 amide bonds. The summed E-state index contributed by atoms with van der Waals surface area (Å²) < 4.78 is 30.9. The molecule has 0 aliphatic carbocycles. The minimum atomic E-state index is -1.46. The fourth-order valence-electron chi connectivity index (χ4n) is 8.18. The number of rotatable bonds is 24. The third-order valence-corrected chi connectivity index (χ3v) is 17.5. The van der Waals surface area contributed by atoms with Crippen LogP contribution >= 0.6 is 35.1 Å². The number of aromatic nitrogens is 6. The van der Waals surface area contributed by atoms with Crippen molar-refractivity contribution in [1.29, 1.82) is 0 Å². The Kier molecular flexibility index (Phi) is 36.4. The second-order valence-electron chi connectivity index (χ2n) is 26.9. The number of aliphatic carboxylic acids is 1. The normalized spacial score (nSPS) is 12.3. The first-order valence-corrected chi connectivity index (χ1v) is 37.9. The highest BCUT2D eigenvalue weighted by Gasteiger charge is 2.32. The Morgan fingerprint density at radius 3 is 1.47 bits per heavy atom. The molecule has 0 bridgehead atoms. The van der Waals surface area contributed by atoms with Crippen molar-refractivity contribution in [3.63, 3.8) is 0 Å². The van der Waals surface area contributed by atoms with Crippen LogP contribution in [0, 0.1) is 38.5 Å². The van der Waals surface area contributed by atoms with Crippen LogP contribution < -0.4 is 47.3 Å². The molecule has 552 valence electrons. The highest BCUT2D eigenvalue weighted by atomic mass is 35.5. The summed E-state index contributed by atoms with van der Waals surface area (Å²) in [7, 11) is 0.476. The van der Waals surface area contributed by atoms with Crippen LogP contribution in [0.5, 0.6) is 11.5 Å². The fourth-order valence-corrected chi connectivity index (χ4v) is 10.0. The molecular weight excluding hydrogens is 1400 g/mol. The number of pyridine rings is 2. The van der Waals surface area contributed by atoms with E-state index >= 15 is 0 Å². The number of nitrogens with two attached hydrogens (primary N) is 2. The van der Waals surface area contributed by atoms with Gasteiger partial charge in [0, 0.05) is 69.6 Å². The Morgan fingerprint density at radius 2 is 1.13 bits per heavy atom. The maximum Gasteiger partial charge on any atom is 0.374 e. The number of amides is 1. The van der Waals surface area contributed by atoms with Crippen LogP contribution in [0.4, 0.5) is 0 Å². The number of halogens is 1. The lowest BCUT2D eigenvalue weighted by Gasteiger charge is -2.26. The van der Waals surface area contributed by atoms with Crippen molar-refractivity contribution in [1.82, 2.24) is 51.6 Å². The molecule has 0 aliphatic rings. The Bertz CT molecular complexity index is 4050. The number of aryl methyl sites for hydroxylation is 2. The minimum absolute atomic E-state index is 0.0124. The molecule has 2 radical (unpaired) electrons. The van der Waals surface area contributed by atoms with Crippen LogP contribution in [0.2, 0.25) is 26.5 Å². The zero-order valence-corrected chi connectivity index (χ0v) is 65.1. The van der Waals surface area contributed by atoms with Gasteiger partial charge in [-0.15, -0.1) is 41.5 Å². The van der Waals surface area contributed by atoms with Gasteiger partial charge in [0.15, 0.2) is 5.17 Å². The number of hydrogen-bond donors (Lipinski definition) is 10. The van der Waals surface area contributed by atoms with Crippen LogP contribution in [-0.4, -0.2) is 151 Å². The van der Waals surface area contributed by atoms with E-state index in [0.717, 1.165) is 73.3 Å². The Labute approximate surface area is 618 Å². The van der Waals surface area contributed by atoms with Gasteiger partial charge in [-0.1, -0.05) is 68.9 Å². The molecule has 35 heteroatoms. The molecule has 0 saturated carbocycles. The van der Waals surface area contributed by atoms with Gasteiger partial charge in [0.1, 0.15) is 66.5 Å². The van der Waals surface area contributed by atoms with E-state index in [0.29, 0.717) is 34.5 Å². The molecule has 2 unspecified atom stereocenters. The van der Waals surface area contributed by atoms with Gasteiger partial charge in [-0.2, -0.15) is 0 Å². The van der Waals surface area contributed by atoms with Crippen molar-refractivity contribution < 1.29 is 67.3 Å². The topological polar surface area (TPSA) is 422 Å². The number of benzene rings is 2. The zero-order chi connectivity index (χ0) is 78.3. The number of nitrogens with one attached hydrogen (secondary N) is 4. The summed E-state index contributed by atoms with van der Waals surface area (Å²) in [5.41, 5.74) is 14.6. The van der Waals surface area contributed by atoms with E-state index in [4.69, 9.17) is 75.0 Å². The van der Waals surface area contributed by atoms with Crippen LogP contribution in [0.25, 0.3) is 21.8 Å². The number of oxime groups is 2. The van der Waals surface area contributed by atoms with Gasteiger partial charge in [-0.05, 0) is 164 Å². The first-order valence-electron chi connectivity index (χ1n) is 31.5. The fraction of sp³-hybridized carbons (Fsp3) is 0.412. The molecule has 6 heterocycles. The van der Waals surface area contributed by atoms with Crippen molar-refractivity contribution in [2.45, 2.75) is 168 Å².